The van der Waals surface area contributed by atoms with Crippen LogP contribution in [-0.4, -0.2) is 10.9 Å². The predicted octanol–water partition coefficient (Wildman–Crippen LogP) is 5.63. The SMILES string of the molecule is CC(C)(C)c1ccc(-c2csc(NC(=O)C3CCCCC3)n2)cc1. The maximum absolute atomic E-state index is 12.3. The second-order valence-electron chi connectivity index (χ2n) is 7.69. The molecule has 0 spiro atoms. The van der Waals surface area contributed by atoms with E-state index in [1.165, 1.54) is 36.2 Å². The van der Waals surface area contributed by atoms with Crippen LogP contribution >= 0.6 is 11.3 Å². The Bertz CT molecular complexity index is 691. The molecule has 3 nitrogen and oxygen atoms in total. The van der Waals surface area contributed by atoms with E-state index in [4.69, 9.17) is 0 Å². The normalized spacial score (nSPS) is 16.1. The molecule has 3 rings (SSSR count). The van der Waals surface area contributed by atoms with Gasteiger partial charge in [0.15, 0.2) is 5.13 Å². The van der Waals surface area contributed by atoms with Gasteiger partial charge in [-0.15, -0.1) is 11.3 Å². The zero-order chi connectivity index (χ0) is 17.2. The molecule has 24 heavy (non-hydrogen) atoms. The number of rotatable bonds is 3. The van der Waals surface area contributed by atoms with Gasteiger partial charge in [-0.3, -0.25) is 4.79 Å². The van der Waals surface area contributed by atoms with Gasteiger partial charge in [-0.1, -0.05) is 64.3 Å². The lowest BCUT2D eigenvalue weighted by Gasteiger charge is -2.19. The molecule has 4 heteroatoms. The highest BCUT2D eigenvalue weighted by molar-refractivity contribution is 7.14. The second kappa shape index (κ2) is 7.06. The third-order valence-electron chi connectivity index (χ3n) is 4.76. The number of hydrogen-bond acceptors (Lipinski definition) is 3. The Hall–Kier alpha value is -1.68. The summed E-state index contributed by atoms with van der Waals surface area (Å²) in [6.45, 7) is 6.64. The van der Waals surface area contributed by atoms with Crippen LogP contribution in [0.15, 0.2) is 29.6 Å². The summed E-state index contributed by atoms with van der Waals surface area (Å²) in [7, 11) is 0. The van der Waals surface area contributed by atoms with Gasteiger partial charge in [0, 0.05) is 16.9 Å². The predicted molar refractivity (Wildman–Crippen MR) is 101 cm³/mol. The molecule has 1 aliphatic rings. The minimum Gasteiger partial charge on any atom is -0.302 e. The van der Waals surface area contributed by atoms with Crippen molar-refractivity contribution in [3.63, 3.8) is 0 Å². The first-order valence-electron chi connectivity index (χ1n) is 8.81. The molecule has 0 aliphatic heterocycles. The minimum atomic E-state index is 0.138. The summed E-state index contributed by atoms with van der Waals surface area (Å²) in [5, 5.41) is 5.73. The van der Waals surface area contributed by atoms with Gasteiger partial charge in [-0.05, 0) is 23.8 Å². The number of amides is 1. The molecule has 1 saturated carbocycles. The molecule has 1 N–H and O–H groups in total. The van der Waals surface area contributed by atoms with E-state index >= 15 is 0 Å². The number of anilines is 1. The smallest absolute Gasteiger partial charge is 0.229 e. The summed E-state index contributed by atoms with van der Waals surface area (Å²) in [6, 6.07) is 8.55. The maximum Gasteiger partial charge on any atom is 0.229 e. The van der Waals surface area contributed by atoms with Gasteiger partial charge in [0.25, 0.3) is 0 Å². The van der Waals surface area contributed by atoms with Crippen molar-refractivity contribution >= 4 is 22.4 Å². The van der Waals surface area contributed by atoms with Crippen LogP contribution in [0.1, 0.15) is 58.4 Å². The summed E-state index contributed by atoms with van der Waals surface area (Å²) in [4.78, 5) is 16.9. The van der Waals surface area contributed by atoms with E-state index < -0.39 is 0 Å². The maximum atomic E-state index is 12.3. The number of nitrogens with one attached hydrogen (secondary N) is 1. The lowest BCUT2D eigenvalue weighted by Crippen LogP contribution is -2.24. The monoisotopic (exact) mass is 342 g/mol. The molecule has 2 aromatic rings. The fourth-order valence-electron chi connectivity index (χ4n) is 3.18. The molecule has 0 bridgehead atoms. The third kappa shape index (κ3) is 4.04. The number of hydrogen-bond donors (Lipinski definition) is 1. The largest absolute Gasteiger partial charge is 0.302 e. The fraction of sp³-hybridized carbons (Fsp3) is 0.500. The summed E-state index contributed by atoms with van der Waals surface area (Å²) in [6.07, 6.45) is 5.62. The number of thiazole rings is 1. The highest BCUT2D eigenvalue weighted by Crippen LogP contribution is 2.29. The Morgan fingerprint density at radius 3 is 2.42 bits per heavy atom. The Morgan fingerprint density at radius 2 is 1.79 bits per heavy atom. The standard InChI is InChI=1S/C20H26N2OS/c1-20(2,3)16-11-9-14(10-12-16)17-13-24-19(21-17)22-18(23)15-7-5-4-6-8-15/h9-13,15H,4-8H2,1-3H3,(H,21,22,23). The Morgan fingerprint density at radius 1 is 1.12 bits per heavy atom. The van der Waals surface area contributed by atoms with Crippen molar-refractivity contribution in [2.75, 3.05) is 5.32 Å². The first kappa shape index (κ1) is 17.2. The number of nitrogens with zero attached hydrogens (tertiary/aromatic N) is 1. The van der Waals surface area contributed by atoms with E-state index in [0.717, 1.165) is 24.1 Å². The van der Waals surface area contributed by atoms with E-state index in [0.29, 0.717) is 5.13 Å². The van der Waals surface area contributed by atoms with Crippen molar-refractivity contribution in [2.24, 2.45) is 5.92 Å². The van der Waals surface area contributed by atoms with Crippen molar-refractivity contribution < 1.29 is 4.79 Å². The number of carbonyl (C=O) groups excluding carboxylic acids is 1. The van der Waals surface area contributed by atoms with Gasteiger partial charge < -0.3 is 5.32 Å². The molecule has 1 aromatic carbocycles. The molecule has 0 saturated heterocycles. The fourth-order valence-corrected chi connectivity index (χ4v) is 3.90. The molecular formula is C20H26N2OS. The van der Waals surface area contributed by atoms with Crippen LogP contribution < -0.4 is 5.32 Å². The van der Waals surface area contributed by atoms with Crippen LogP contribution in [0, 0.1) is 5.92 Å². The molecular weight excluding hydrogens is 316 g/mol. The zero-order valence-corrected chi connectivity index (χ0v) is 15.6. The molecule has 1 fully saturated rings. The van der Waals surface area contributed by atoms with Gasteiger partial charge >= 0.3 is 0 Å². The summed E-state index contributed by atoms with van der Waals surface area (Å²) >= 11 is 1.50. The van der Waals surface area contributed by atoms with Crippen LogP contribution in [-0.2, 0) is 10.2 Å². The van der Waals surface area contributed by atoms with Crippen molar-refractivity contribution in [3.8, 4) is 11.3 Å². The van der Waals surface area contributed by atoms with Crippen LogP contribution in [0.2, 0.25) is 0 Å². The highest BCUT2D eigenvalue weighted by Gasteiger charge is 2.22. The molecule has 1 aromatic heterocycles. The minimum absolute atomic E-state index is 0.138. The molecule has 128 valence electrons. The van der Waals surface area contributed by atoms with Gasteiger partial charge in [-0.25, -0.2) is 4.98 Å². The van der Waals surface area contributed by atoms with Crippen LogP contribution in [0.25, 0.3) is 11.3 Å². The Balaban J connectivity index is 1.67. The first-order valence-corrected chi connectivity index (χ1v) is 9.69. The molecule has 0 atom stereocenters. The van der Waals surface area contributed by atoms with E-state index in [2.05, 4.69) is 55.3 Å². The van der Waals surface area contributed by atoms with Crippen LogP contribution in [0.5, 0.6) is 0 Å². The number of benzene rings is 1. The summed E-state index contributed by atoms with van der Waals surface area (Å²) in [5.41, 5.74) is 3.49. The highest BCUT2D eigenvalue weighted by atomic mass is 32.1. The molecule has 1 heterocycles. The Kier molecular flexibility index (Phi) is 5.04. The van der Waals surface area contributed by atoms with Crippen LogP contribution in [0.4, 0.5) is 5.13 Å². The van der Waals surface area contributed by atoms with Crippen molar-refractivity contribution in [1.82, 2.24) is 4.98 Å². The lowest BCUT2D eigenvalue weighted by atomic mass is 9.86. The quantitative estimate of drug-likeness (QED) is 0.786. The van der Waals surface area contributed by atoms with E-state index in [-0.39, 0.29) is 17.2 Å². The number of carbonyl (C=O) groups is 1. The van der Waals surface area contributed by atoms with Crippen molar-refractivity contribution in [2.45, 2.75) is 58.3 Å². The molecule has 0 radical (unpaired) electrons. The number of aromatic nitrogens is 1. The topological polar surface area (TPSA) is 42.0 Å². The summed E-state index contributed by atoms with van der Waals surface area (Å²) in [5.74, 6) is 0.302. The van der Waals surface area contributed by atoms with E-state index in [1.54, 1.807) is 0 Å². The van der Waals surface area contributed by atoms with Crippen molar-refractivity contribution in [1.29, 1.82) is 0 Å². The molecule has 1 aliphatic carbocycles. The molecule has 1 amide bonds. The lowest BCUT2D eigenvalue weighted by molar-refractivity contribution is -0.120. The average Bonchev–Trinajstić information content (AvgIpc) is 3.03. The van der Waals surface area contributed by atoms with Gasteiger partial charge in [0.1, 0.15) is 0 Å². The van der Waals surface area contributed by atoms with Gasteiger partial charge in [0.2, 0.25) is 5.91 Å². The average molecular weight is 343 g/mol. The Labute approximate surface area is 148 Å². The second-order valence-corrected chi connectivity index (χ2v) is 8.55. The van der Waals surface area contributed by atoms with Gasteiger partial charge in [-0.2, -0.15) is 0 Å². The van der Waals surface area contributed by atoms with Crippen molar-refractivity contribution in [3.05, 3.63) is 35.2 Å². The third-order valence-corrected chi connectivity index (χ3v) is 5.51. The zero-order valence-electron chi connectivity index (χ0n) is 14.8. The molecule has 0 unspecified atom stereocenters. The van der Waals surface area contributed by atoms with E-state index in [9.17, 15) is 4.79 Å². The van der Waals surface area contributed by atoms with Gasteiger partial charge in [0.05, 0.1) is 5.69 Å². The van der Waals surface area contributed by atoms with E-state index in [1.807, 2.05) is 5.38 Å². The van der Waals surface area contributed by atoms with Crippen LogP contribution in [0.3, 0.4) is 0 Å². The first-order chi connectivity index (χ1) is 11.4. The summed E-state index contributed by atoms with van der Waals surface area (Å²) < 4.78 is 0.